The number of rotatable bonds is 4. The van der Waals surface area contributed by atoms with Crippen molar-refractivity contribution in [3.63, 3.8) is 0 Å². The van der Waals surface area contributed by atoms with Crippen LogP contribution < -0.4 is 0 Å². The Morgan fingerprint density at radius 1 is 1.40 bits per heavy atom. The molecular formula is C11H11ClO2S. The lowest BCUT2D eigenvalue weighted by molar-refractivity contribution is 0.627. The summed E-state index contributed by atoms with van der Waals surface area (Å²) in [6.45, 7) is 3.65. The van der Waals surface area contributed by atoms with Crippen LogP contribution >= 0.6 is 11.6 Å². The van der Waals surface area contributed by atoms with Gasteiger partial charge in [0.1, 0.15) is 0 Å². The molecule has 1 aromatic carbocycles. The predicted octanol–water partition coefficient (Wildman–Crippen LogP) is 2.36. The normalized spacial score (nSPS) is 9.67. The van der Waals surface area contributed by atoms with Crippen molar-refractivity contribution in [1.29, 1.82) is 0 Å². The van der Waals surface area contributed by atoms with Gasteiger partial charge in [-0.25, -0.2) is 0 Å². The number of halogens is 1. The van der Waals surface area contributed by atoms with Gasteiger partial charge in [-0.2, -0.15) is 8.42 Å². The highest BCUT2D eigenvalue weighted by atomic mass is 35.5. The Kier molecular flexibility index (Phi) is 4.59. The van der Waals surface area contributed by atoms with E-state index in [1.165, 1.54) is 0 Å². The lowest BCUT2D eigenvalue weighted by atomic mass is 10.0. The molecule has 0 saturated heterocycles. The lowest BCUT2D eigenvalue weighted by Gasteiger charge is -2.04. The van der Waals surface area contributed by atoms with Gasteiger partial charge in [0.05, 0.1) is 4.86 Å². The van der Waals surface area contributed by atoms with Crippen LogP contribution in [0.3, 0.4) is 0 Å². The third kappa shape index (κ3) is 2.94. The molecule has 1 rings (SSSR count). The van der Waals surface area contributed by atoms with E-state index in [1.54, 1.807) is 18.2 Å². The highest BCUT2D eigenvalue weighted by Crippen LogP contribution is 2.13. The van der Waals surface area contributed by atoms with Gasteiger partial charge in [-0.3, -0.25) is 0 Å². The monoisotopic (exact) mass is 242 g/mol. The Morgan fingerprint density at radius 3 is 2.60 bits per heavy atom. The summed E-state index contributed by atoms with van der Waals surface area (Å²) >= 11 is 5.57. The van der Waals surface area contributed by atoms with Gasteiger partial charge in [0.2, 0.25) is 10.3 Å². The number of hydrogen-bond acceptors (Lipinski definition) is 2. The first-order valence-electron chi connectivity index (χ1n) is 4.43. The van der Waals surface area contributed by atoms with Gasteiger partial charge in [0.15, 0.2) is 0 Å². The Balaban J connectivity index is 3.36. The van der Waals surface area contributed by atoms with Crippen molar-refractivity contribution in [2.75, 3.05) is 5.88 Å². The Hall–Kier alpha value is -1.06. The highest BCUT2D eigenvalue weighted by molar-refractivity contribution is 7.73. The van der Waals surface area contributed by atoms with E-state index >= 15 is 0 Å². The summed E-state index contributed by atoms with van der Waals surface area (Å²) in [5, 5.41) is 0. The van der Waals surface area contributed by atoms with Gasteiger partial charge in [-0.15, -0.1) is 11.6 Å². The predicted molar refractivity (Wildman–Crippen MR) is 64.9 cm³/mol. The fraction of sp³-hybridized carbons (Fsp3) is 0.182. The van der Waals surface area contributed by atoms with Gasteiger partial charge < -0.3 is 0 Å². The van der Waals surface area contributed by atoms with E-state index in [4.69, 9.17) is 11.6 Å². The largest absolute Gasteiger partial charge is 0.217 e. The first kappa shape index (κ1) is 12.0. The summed E-state index contributed by atoms with van der Waals surface area (Å²) in [5.41, 5.74) is 1.49. The van der Waals surface area contributed by atoms with E-state index in [-0.39, 0.29) is 5.88 Å². The molecule has 0 fully saturated rings. The molecule has 0 aromatic heterocycles. The van der Waals surface area contributed by atoms with Crippen molar-refractivity contribution in [2.24, 2.45) is 0 Å². The molecule has 2 nitrogen and oxygen atoms in total. The van der Waals surface area contributed by atoms with Gasteiger partial charge in [0, 0.05) is 17.9 Å². The maximum atomic E-state index is 11.0. The van der Waals surface area contributed by atoms with Crippen molar-refractivity contribution >= 4 is 32.8 Å². The number of hydrogen-bond donors (Lipinski definition) is 0. The summed E-state index contributed by atoms with van der Waals surface area (Å²) in [7, 11) is -2.23. The molecular weight excluding hydrogens is 232 g/mol. The van der Waals surface area contributed by atoms with Crippen LogP contribution in [0.1, 0.15) is 17.5 Å². The van der Waals surface area contributed by atoms with E-state index < -0.39 is 10.3 Å². The number of benzene rings is 1. The van der Waals surface area contributed by atoms with Crippen LogP contribution in [0.25, 0.3) is 6.08 Å². The van der Waals surface area contributed by atoms with Crippen LogP contribution in [0.2, 0.25) is 0 Å². The first-order chi connectivity index (χ1) is 7.20. The van der Waals surface area contributed by atoms with Crippen molar-refractivity contribution in [2.45, 2.75) is 6.42 Å². The minimum absolute atomic E-state index is 0.286. The van der Waals surface area contributed by atoms with E-state index in [0.29, 0.717) is 16.8 Å². The second-order valence-electron chi connectivity index (χ2n) is 2.89. The third-order valence-electron chi connectivity index (χ3n) is 2.00. The summed E-state index contributed by atoms with van der Waals surface area (Å²) in [4.78, 5) is 0.334. The van der Waals surface area contributed by atoms with E-state index in [1.807, 2.05) is 12.1 Å². The molecule has 0 aliphatic carbocycles. The molecule has 0 bridgehead atoms. The standard InChI is InChI=1S/C11H11ClO2S/c1-2-9-5-3-4-6-10(9)11(7-8-12)15(13)14/h2-6H,1,7-8H2. The quantitative estimate of drug-likeness (QED) is 0.462. The van der Waals surface area contributed by atoms with Crippen LogP contribution in [0.4, 0.5) is 0 Å². The van der Waals surface area contributed by atoms with E-state index in [0.717, 1.165) is 5.56 Å². The molecule has 0 N–H and O–H groups in total. The second kappa shape index (κ2) is 5.73. The van der Waals surface area contributed by atoms with Gasteiger partial charge in [-0.05, 0) is 5.56 Å². The molecule has 0 aliphatic heterocycles. The second-order valence-corrected chi connectivity index (χ2v) is 4.23. The molecule has 0 radical (unpaired) electrons. The summed E-state index contributed by atoms with van der Waals surface area (Å²) < 4.78 is 22.1. The van der Waals surface area contributed by atoms with Crippen molar-refractivity contribution in [1.82, 2.24) is 0 Å². The maximum absolute atomic E-state index is 11.0. The molecule has 0 unspecified atom stereocenters. The van der Waals surface area contributed by atoms with Gasteiger partial charge >= 0.3 is 0 Å². The Labute approximate surface area is 95.7 Å². The van der Waals surface area contributed by atoms with Crippen LogP contribution in [0.15, 0.2) is 30.8 Å². The molecule has 4 heteroatoms. The van der Waals surface area contributed by atoms with Gasteiger partial charge in [0.25, 0.3) is 0 Å². The molecule has 0 saturated carbocycles. The lowest BCUT2D eigenvalue weighted by Crippen LogP contribution is -2.05. The summed E-state index contributed by atoms with van der Waals surface area (Å²) in [5.74, 6) is 0.286. The fourth-order valence-electron chi connectivity index (χ4n) is 1.32. The first-order valence-corrected chi connectivity index (χ1v) is 6.04. The zero-order valence-corrected chi connectivity index (χ0v) is 9.68. The summed E-state index contributed by atoms with van der Waals surface area (Å²) in [6.07, 6.45) is 1.97. The average molecular weight is 243 g/mol. The molecule has 15 heavy (non-hydrogen) atoms. The Bertz CT molecular complexity index is 481. The van der Waals surface area contributed by atoms with Crippen LogP contribution in [-0.4, -0.2) is 19.2 Å². The van der Waals surface area contributed by atoms with Gasteiger partial charge in [-0.1, -0.05) is 36.9 Å². The SMILES string of the molecule is C=Cc1ccccc1C(CCCl)=S(=O)=O. The fourth-order valence-corrected chi connectivity index (χ4v) is 2.26. The third-order valence-corrected chi connectivity index (χ3v) is 3.02. The van der Waals surface area contributed by atoms with Crippen molar-refractivity contribution in [3.8, 4) is 0 Å². The summed E-state index contributed by atoms with van der Waals surface area (Å²) in [6, 6.07) is 7.22. The minimum Gasteiger partial charge on any atom is -0.184 e. The maximum Gasteiger partial charge on any atom is 0.217 e. The highest BCUT2D eigenvalue weighted by Gasteiger charge is 2.07. The molecule has 0 amide bonds. The minimum atomic E-state index is -2.23. The molecule has 0 aliphatic rings. The zero-order valence-electron chi connectivity index (χ0n) is 8.11. The number of alkyl halides is 1. The average Bonchev–Trinajstić information content (AvgIpc) is 2.25. The Morgan fingerprint density at radius 2 is 2.07 bits per heavy atom. The molecule has 1 aromatic rings. The smallest absolute Gasteiger partial charge is 0.184 e. The molecule has 0 atom stereocenters. The van der Waals surface area contributed by atoms with E-state index in [2.05, 4.69) is 6.58 Å². The van der Waals surface area contributed by atoms with Crippen LogP contribution in [0.5, 0.6) is 0 Å². The topological polar surface area (TPSA) is 34.1 Å². The molecule has 80 valence electrons. The van der Waals surface area contributed by atoms with Crippen LogP contribution in [0, 0.1) is 0 Å². The van der Waals surface area contributed by atoms with E-state index in [9.17, 15) is 8.42 Å². The molecule has 0 heterocycles. The van der Waals surface area contributed by atoms with Crippen molar-refractivity contribution in [3.05, 3.63) is 42.0 Å². The zero-order chi connectivity index (χ0) is 11.3. The molecule has 0 spiro atoms. The van der Waals surface area contributed by atoms with Crippen LogP contribution in [-0.2, 0) is 10.3 Å². The van der Waals surface area contributed by atoms with Crippen molar-refractivity contribution < 1.29 is 8.42 Å².